The van der Waals surface area contributed by atoms with E-state index in [4.69, 9.17) is 4.74 Å². The SMILES string of the molecule is COc1ccc([C@H](C)NC(=O)NCCCNS(C)(=O)=O)cc1F. The van der Waals surface area contributed by atoms with Crippen molar-refractivity contribution in [3.05, 3.63) is 29.6 Å². The molecule has 0 saturated carbocycles. The van der Waals surface area contributed by atoms with E-state index in [1.165, 1.54) is 19.2 Å². The van der Waals surface area contributed by atoms with Gasteiger partial charge in [-0.25, -0.2) is 22.3 Å². The first-order valence-corrected chi connectivity index (χ1v) is 8.94. The standard InChI is InChI=1S/C14H22FN3O4S/c1-10(11-5-6-13(22-2)12(15)9-11)18-14(19)16-7-4-8-17-23(3,20)21/h5-6,9-10,17H,4,7-8H2,1-3H3,(H2,16,18,19)/t10-/m0/s1. The highest BCUT2D eigenvalue weighted by molar-refractivity contribution is 7.88. The van der Waals surface area contributed by atoms with Gasteiger partial charge in [0.25, 0.3) is 0 Å². The molecule has 1 aromatic carbocycles. The molecule has 7 nitrogen and oxygen atoms in total. The van der Waals surface area contributed by atoms with Crippen LogP contribution in [0.4, 0.5) is 9.18 Å². The molecule has 1 aromatic rings. The first kappa shape index (κ1) is 19.2. The lowest BCUT2D eigenvalue weighted by atomic mass is 10.1. The molecule has 1 rings (SSSR count). The third kappa shape index (κ3) is 7.29. The van der Waals surface area contributed by atoms with Gasteiger partial charge in [-0.05, 0) is 31.0 Å². The third-order valence-electron chi connectivity index (χ3n) is 3.03. The number of hydrogen-bond acceptors (Lipinski definition) is 4. The van der Waals surface area contributed by atoms with E-state index in [1.807, 2.05) is 0 Å². The summed E-state index contributed by atoms with van der Waals surface area (Å²) in [6, 6.07) is 3.68. The molecule has 1 atom stereocenters. The first-order valence-electron chi connectivity index (χ1n) is 7.05. The van der Waals surface area contributed by atoms with E-state index < -0.39 is 21.9 Å². The van der Waals surface area contributed by atoms with Gasteiger partial charge in [-0.15, -0.1) is 0 Å². The molecule has 0 radical (unpaired) electrons. The van der Waals surface area contributed by atoms with Crippen LogP contribution in [-0.2, 0) is 10.0 Å². The summed E-state index contributed by atoms with van der Waals surface area (Å²) in [5.74, 6) is -0.352. The first-order chi connectivity index (χ1) is 10.7. The Bertz CT molecular complexity index is 637. The zero-order valence-corrected chi connectivity index (χ0v) is 14.2. The number of carbonyl (C=O) groups excluding carboxylic acids is 1. The number of halogens is 1. The highest BCUT2D eigenvalue weighted by Gasteiger charge is 2.12. The molecule has 0 fully saturated rings. The molecule has 0 saturated heterocycles. The maximum Gasteiger partial charge on any atom is 0.315 e. The van der Waals surface area contributed by atoms with E-state index in [-0.39, 0.29) is 18.3 Å². The van der Waals surface area contributed by atoms with Gasteiger partial charge in [-0.3, -0.25) is 0 Å². The van der Waals surface area contributed by atoms with Crippen molar-refractivity contribution in [2.24, 2.45) is 0 Å². The van der Waals surface area contributed by atoms with Crippen LogP contribution in [0.3, 0.4) is 0 Å². The largest absolute Gasteiger partial charge is 0.494 e. The van der Waals surface area contributed by atoms with Gasteiger partial charge in [0.2, 0.25) is 10.0 Å². The highest BCUT2D eigenvalue weighted by Crippen LogP contribution is 2.21. The maximum absolute atomic E-state index is 13.6. The number of benzene rings is 1. The van der Waals surface area contributed by atoms with Crippen molar-refractivity contribution in [1.82, 2.24) is 15.4 Å². The number of sulfonamides is 1. The van der Waals surface area contributed by atoms with Crippen LogP contribution in [0.1, 0.15) is 24.9 Å². The number of nitrogens with one attached hydrogen (secondary N) is 3. The van der Waals surface area contributed by atoms with Crippen molar-refractivity contribution in [2.45, 2.75) is 19.4 Å². The minimum Gasteiger partial charge on any atom is -0.494 e. The molecule has 23 heavy (non-hydrogen) atoms. The van der Waals surface area contributed by atoms with Crippen molar-refractivity contribution in [1.29, 1.82) is 0 Å². The number of hydrogen-bond donors (Lipinski definition) is 3. The fourth-order valence-electron chi connectivity index (χ4n) is 1.83. The second kappa shape index (κ2) is 8.68. The van der Waals surface area contributed by atoms with E-state index in [2.05, 4.69) is 15.4 Å². The molecule has 0 heterocycles. The molecule has 0 aliphatic rings. The molecule has 0 aliphatic heterocycles. The molecule has 0 bridgehead atoms. The summed E-state index contributed by atoms with van der Waals surface area (Å²) >= 11 is 0. The Morgan fingerprint density at radius 1 is 1.35 bits per heavy atom. The number of ether oxygens (including phenoxy) is 1. The Labute approximate surface area is 135 Å². The average molecular weight is 347 g/mol. The number of amides is 2. The smallest absolute Gasteiger partial charge is 0.315 e. The lowest BCUT2D eigenvalue weighted by Gasteiger charge is -2.16. The minimum absolute atomic E-state index is 0.142. The van der Waals surface area contributed by atoms with Crippen LogP contribution >= 0.6 is 0 Å². The second-order valence-corrected chi connectivity index (χ2v) is 6.87. The number of rotatable bonds is 8. The van der Waals surface area contributed by atoms with E-state index in [0.29, 0.717) is 18.5 Å². The molecule has 0 unspecified atom stereocenters. The maximum atomic E-state index is 13.6. The molecular formula is C14H22FN3O4S. The lowest BCUT2D eigenvalue weighted by molar-refractivity contribution is 0.238. The van der Waals surface area contributed by atoms with E-state index >= 15 is 0 Å². The highest BCUT2D eigenvalue weighted by atomic mass is 32.2. The van der Waals surface area contributed by atoms with Gasteiger partial charge in [0.15, 0.2) is 11.6 Å². The van der Waals surface area contributed by atoms with Crippen LogP contribution in [-0.4, -0.2) is 40.9 Å². The van der Waals surface area contributed by atoms with Crippen LogP contribution in [0, 0.1) is 5.82 Å². The van der Waals surface area contributed by atoms with Crippen LogP contribution < -0.4 is 20.1 Å². The summed E-state index contributed by atoms with van der Waals surface area (Å²) in [5.41, 5.74) is 0.609. The quantitative estimate of drug-likeness (QED) is 0.614. The normalized spacial score (nSPS) is 12.5. The second-order valence-electron chi connectivity index (χ2n) is 5.04. The summed E-state index contributed by atoms with van der Waals surface area (Å²) in [5, 5.41) is 5.28. The van der Waals surface area contributed by atoms with Gasteiger partial charge in [-0.2, -0.15) is 0 Å². The molecule has 0 aromatic heterocycles. The summed E-state index contributed by atoms with van der Waals surface area (Å²) in [7, 11) is -1.83. The van der Waals surface area contributed by atoms with Gasteiger partial charge < -0.3 is 15.4 Å². The van der Waals surface area contributed by atoms with E-state index in [1.54, 1.807) is 13.0 Å². The molecule has 9 heteroatoms. The van der Waals surface area contributed by atoms with Crippen molar-refractivity contribution in [3.8, 4) is 5.75 Å². The Balaban J connectivity index is 2.37. The van der Waals surface area contributed by atoms with E-state index in [9.17, 15) is 17.6 Å². The van der Waals surface area contributed by atoms with Crippen molar-refractivity contribution < 1.29 is 22.3 Å². The number of methoxy groups -OCH3 is 1. The third-order valence-corrected chi connectivity index (χ3v) is 3.76. The summed E-state index contributed by atoms with van der Waals surface area (Å²) in [6.07, 6.45) is 1.54. The van der Waals surface area contributed by atoms with Crippen LogP contribution in [0.15, 0.2) is 18.2 Å². The zero-order valence-electron chi connectivity index (χ0n) is 13.3. The topological polar surface area (TPSA) is 96.5 Å². The molecular weight excluding hydrogens is 325 g/mol. The lowest BCUT2D eigenvalue weighted by Crippen LogP contribution is -2.38. The van der Waals surface area contributed by atoms with Gasteiger partial charge in [0.05, 0.1) is 19.4 Å². The fourth-order valence-corrected chi connectivity index (χ4v) is 2.35. The molecule has 2 amide bonds. The monoisotopic (exact) mass is 347 g/mol. The summed E-state index contributed by atoms with van der Waals surface area (Å²) in [6.45, 7) is 2.29. The number of urea groups is 1. The average Bonchev–Trinajstić information content (AvgIpc) is 2.45. The summed E-state index contributed by atoms with van der Waals surface area (Å²) in [4.78, 5) is 11.7. The van der Waals surface area contributed by atoms with Gasteiger partial charge in [0, 0.05) is 13.1 Å². The Morgan fingerprint density at radius 3 is 2.61 bits per heavy atom. The van der Waals surface area contributed by atoms with Gasteiger partial charge >= 0.3 is 6.03 Å². The predicted octanol–water partition coefficient (Wildman–Crippen LogP) is 1.13. The Morgan fingerprint density at radius 2 is 2.04 bits per heavy atom. The van der Waals surface area contributed by atoms with Crippen molar-refractivity contribution in [2.75, 3.05) is 26.5 Å². The molecule has 0 aliphatic carbocycles. The van der Waals surface area contributed by atoms with Crippen molar-refractivity contribution in [3.63, 3.8) is 0 Å². The molecule has 0 spiro atoms. The molecule has 130 valence electrons. The van der Waals surface area contributed by atoms with Crippen LogP contribution in [0.2, 0.25) is 0 Å². The van der Waals surface area contributed by atoms with E-state index in [0.717, 1.165) is 6.26 Å². The minimum atomic E-state index is -3.21. The Kier molecular flexibility index (Phi) is 7.24. The predicted molar refractivity (Wildman–Crippen MR) is 85.4 cm³/mol. The van der Waals surface area contributed by atoms with Gasteiger partial charge in [-0.1, -0.05) is 6.07 Å². The molecule has 3 N–H and O–H groups in total. The van der Waals surface area contributed by atoms with Crippen LogP contribution in [0.25, 0.3) is 0 Å². The fraction of sp³-hybridized carbons (Fsp3) is 0.500. The Hall–Kier alpha value is -1.87. The number of carbonyl (C=O) groups is 1. The zero-order chi connectivity index (χ0) is 17.5. The summed E-state index contributed by atoms with van der Waals surface area (Å²) < 4.78 is 42.5. The van der Waals surface area contributed by atoms with Crippen LogP contribution in [0.5, 0.6) is 5.75 Å². The van der Waals surface area contributed by atoms with Gasteiger partial charge in [0.1, 0.15) is 0 Å². The van der Waals surface area contributed by atoms with Crippen molar-refractivity contribution >= 4 is 16.1 Å².